The van der Waals surface area contributed by atoms with E-state index in [0.717, 1.165) is 104 Å². The Hall–Kier alpha value is -12.7. The van der Waals surface area contributed by atoms with Crippen molar-refractivity contribution >= 4 is 23.3 Å². The van der Waals surface area contributed by atoms with E-state index in [1.807, 2.05) is 185 Å². The molecule has 12 heterocycles. The normalized spacial score (nSPS) is 13.6. The van der Waals surface area contributed by atoms with Crippen LogP contribution in [0.4, 0.5) is 36.4 Å². The second-order valence-electron chi connectivity index (χ2n) is 30.9. The quantitative estimate of drug-likeness (QED) is 0.0250. The minimum absolute atomic E-state index is 0.0514. The summed E-state index contributed by atoms with van der Waals surface area (Å²) in [5, 5.41) is 97.1. The third-order valence-electron chi connectivity index (χ3n) is 21.1. The van der Waals surface area contributed by atoms with Gasteiger partial charge in [0.2, 0.25) is 0 Å². The fraction of sp³-hybridized carbons (Fsp3) is 0.382. The van der Waals surface area contributed by atoms with Crippen molar-refractivity contribution in [3.63, 3.8) is 0 Å². The number of nitrogens with one attached hydrogen (secondary N) is 4. The molecule has 8 N–H and O–H groups in total. The Morgan fingerprint density at radius 2 is 0.752 bits per heavy atom. The van der Waals surface area contributed by atoms with Gasteiger partial charge in [-0.05, 0) is 219 Å². The molecule has 13 aromatic rings. The molecule has 0 saturated heterocycles. The number of aliphatic hydroxyl groups excluding tert-OH is 4. The Morgan fingerprint density at radius 3 is 1.04 bits per heavy atom. The lowest BCUT2D eigenvalue weighted by atomic mass is 9.85. The van der Waals surface area contributed by atoms with Crippen molar-refractivity contribution in [1.29, 1.82) is 5.26 Å². The summed E-state index contributed by atoms with van der Waals surface area (Å²) in [5.41, 5.74) is 19.3. The fourth-order valence-electron chi connectivity index (χ4n) is 14.3. The highest BCUT2D eigenvalue weighted by atomic mass is 19.4. The zero-order valence-corrected chi connectivity index (χ0v) is 71.0. The van der Waals surface area contributed by atoms with Crippen LogP contribution in [0.25, 0.3) is 68.3 Å². The van der Waals surface area contributed by atoms with Crippen molar-refractivity contribution in [3.8, 4) is 74.4 Å². The maximum atomic E-state index is 12.9. The summed E-state index contributed by atoms with van der Waals surface area (Å²) in [6.45, 7) is 29.9. The molecule has 32 heteroatoms. The molecule has 121 heavy (non-hydrogen) atoms. The molecule has 14 rings (SSSR count). The summed E-state index contributed by atoms with van der Waals surface area (Å²) in [5.74, 6) is 2.60. The second kappa shape index (κ2) is 40.8. The zero-order chi connectivity index (χ0) is 86.8. The molecule has 0 unspecified atom stereocenters. The van der Waals surface area contributed by atoms with E-state index in [0.29, 0.717) is 122 Å². The number of alkyl halides is 3. The van der Waals surface area contributed by atoms with Gasteiger partial charge in [-0.15, -0.1) is 40.8 Å². The van der Waals surface area contributed by atoms with E-state index in [1.165, 1.54) is 0 Å². The van der Waals surface area contributed by atoms with Crippen LogP contribution in [-0.2, 0) is 26.4 Å². The average molecular weight is 1650 g/mol. The number of nitrogens with zero attached hydrogens (tertiary/aromatic N) is 21. The fourth-order valence-corrected chi connectivity index (χ4v) is 14.3. The van der Waals surface area contributed by atoms with Crippen molar-refractivity contribution in [2.24, 2.45) is 17.8 Å². The first-order chi connectivity index (χ1) is 58.1. The lowest BCUT2D eigenvalue weighted by Crippen LogP contribution is -2.33. The lowest BCUT2D eigenvalue weighted by molar-refractivity contribution is -0.182. The molecule has 29 nitrogen and oxygen atoms in total. The number of imidazole rings is 4. The van der Waals surface area contributed by atoms with Crippen molar-refractivity contribution in [2.45, 2.75) is 206 Å². The first-order valence-corrected chi connectivity index (χ1v) is 40.6. The van der Waals surface area contributed by atoms with Crippen LogP contribution in [0, 0.1) is 84.5 Å². The Balaban J connectivity index is 0.000000158. The van der Waals surface area contributed by atoms with Crippen LogP contribution >= 0.6 is 0 Å². The first kappa shape index (κ1) is 89.1. The minimum atomic E-state index is -4.12. The summed E-state index contributed by atoms with van der Waals surface area (Å²) in [6.07, 6.45) is 14.2. The monoisotopic (exact) mass is 1650 g/mol. The summed E-state index contributed by atoms with van der Waals surface area (Å²) in [4.78, 5) is 35.3. The van der Waals surface area contributed by atoms with E-state index in [1.54, 1.807) is 35.9 Å². The van der Waals surface area contributed by atoms with Gasteiger partial charge in [0.15, 0.2) is 23.3 Å². The number of nitriles is 1. The van der Waals surface area contributed by atoms with Crippen LogP contribution < -0.4 is 21.3 Å². The standard InChI is InChI=1S/C25H25N7O.C22H25F3N6O.C22H30N6O.C20H26N6O/c1-4-20(19-8-6-5-7-18(19)12-26)29-25-16(2)11-22(30-31-25)21-9-10-24(23(14-33)28-21)32-13-17(3)27-15-32;1-13-9-18(17-7-8-20(19(11-32)28-17)31-10-14(2)26-12-31)29-30-21(13)27-16-5-3-15(4-6-16)22(23,24)25;1-13(2)21(14(3)4)25-22-15(5)9-18(26-27-22)17-7-8-20(19(11-29)24-17)28-10-16(6)23-12-28;1-5-15(6-2)22-20-13(3)9-17(24-25-20)16-7-8-19(18(11-27)23-16)26-10-14(4)21-12-26/h5-11,13,15,20,33H,4,14H2,1-3H3,(H,29,31);7-10,12,15-16,32H,3-6,11H2,1-2H3,(H,27,30);7-10,12-14,21,29H,11H2,1-6H3,(H,25,27);7-10,12,15,27H,5-6,11H2,1-4H3,(H,22,25)/t20-;;;/m0.../s1. The number of halogens is 3. The first-order valence-electron chi connectivity index (χ1n) is 40.6. The molecule has 0 radical (unpaired) electrons. The van der Waals surface area contributed by atoms with Crippen LogP contribution in [0.15, 0.2) is 147 Å². The summed E-state index contributed by atoms with van der Waals surface area (Å²) >= 11 is 0. The molecule has 1 aliphatic rings. The smallest absolute Gasteiger partial charge is 0.390 e. The highest BCUT2D eigenvalue weighted by Crippen LogP contribution is 2.39. The van der Waals surface area contributed by atoms with Gasteiger partial charge in [-0.1, -0.05) is 66.7 Å². The lowest BCUT2D eigenvalue weighted by Gasteiger charge is -2.30. The van der Waals surface area contributed by atoms with Crippen molar-refractivity contribution in [2.75, 3.05) is 21.3 Å². The maximum Gasteiger partial charge on any atom is 0.391 e. The molecule has 0 bridgehead atoms. The van der Waals surface area contributed by atoms with E-state index in [4.69, 9.17) is 0 Å². The van der Waals surface area contributed by atoms with Crippen LogP contribution in [0.2, 0.25) is 0 Å². The number of benzene rings is 1. The van der Waals surface area contributed by atoms with Gasteiger partial charge in [-0.25, -0.2) is 39.9 Å². The van der Waals surface area contributed by atoms with E-state index >= 15 is 0 Å². The number of aryl methyl sites for hydroxylation is 8. The molecule has 632 valence electrons. The van der Waals surface area contributed by atoms with E-state index < -0.39 is 12.1 Å². The Labute approximate surface area is 702 Å². The predicted molar refractivity (Wildman–Crippen MR) is 459 cm³/mol. The zero-order valence-electron chi connectivity index (χ0n) is 71.0. The van der Waals surface area contributed by atoms with Crippen molar-refractivity contribution in [3.05, 3.63) is 226 Å². The third-order valence-corrected chi connectivity index (χ3v) is 21.1. The number of hydrogen-bond donors (Lipinski definition) is 8. The van der Waals surface area contributed by atoms with Crippen LogP contribution in [0.3, 0.4) is 0 Å². The molecule has 12 aromatic heterocycles. The Kier molecular flexibility index (Phi) is 30.1. The van der Waals surface area contributed by atoms with Crippen LogP contribution in [-0.4, -0.2) is 144 Å². The highest BCUT2D eigenvalue weighted by molar-refractivity contribution is 5.64. The Bertz CT molecular complexity index is 5680. The highest BCUT2D eigenvalue weighted by Gasteiger charge is 2.41. The molecule has 1 fully saturated rings. The second-order valence-corrected chi connectivity index (χ2v) is 30.9. The molecular weight excluding hydrogens is 1540 g/mol. The maximum absolute atomic E-state index is 12.9. The molecule has 0 spiro atoms. The average Bonchev–Trinajstić information content (AvgIpc) is 1.77. The molecular formula is C89H106F3N25O4. The summed E-state index contributed by atoms with van der Waals surface area (Å²) in [6, 6.07) is 33.2. The number of aliphatic hydroxyl groups is 4. The van der Waals surface area contributed by atoms with E-state index in [-0.39, 0.29) is 51.4 Å². The van der Waals surface area contributed by atoms with Gasteiger partial charge in [0.25, 0.3) is 0 Å². The predicted octanol–water partition coefficient (Wildman–Crippen LogP) is 16.0. The topological polar surface area (TPSA) is 379 Å². The number of rotatable bonds is 26. The molecule has 0 amide bonds. The van der Waals surface area contributed by atoms with Gasteiger partial charge in [0, 0.05) is 42.9 Å². The van der Waals surface area contributed by atoms with Gasteiger partial charge in [-0.2, -0.15) is 18.4 Å². The van der Waals surface area contributed by atoms with Crippen molar-refractivity contribution in [1.82, 2.24) is 98.9 Å². The van der Waals surface area contributed by atoms with Gasteiger partial charge >= 0.3 is 6.18 Å². The van der Waals surface area contributed by atoms with Gasteiger partial charge < -0.3 is 60.0 Å². The van der Waals surface area contributed by atoms with E-state index in [2.05, 4.69) is 156 Å². The summed E-state index contributed by atoms with van der Waals surface area (Å²) < 4.78 is 46.0. The number of anilines is 4. The number of pyridine rings is 4. The molecule has 1 aromatic carbocycles. The van der Waals surface area contributed by atoms with Gasteiger partial charge in [0.05, 0.1) is 166 Å². The number of aromatic nitrogens is 20. The SMILES string of the molecule is CCC(CC)Nc1nnc(-c2ccc(-n3cnc(C)c3)c(CO)n2)cc1C.CC[C@H](Nc1nnc(-c2ccc(-n3cnc(C)c3)c(CO)n2)cc1C)c1ccccc1C#N.Cc1cn(-c2ccc(-c3cc(C)c(NC(C(C)C)C(C)C)nn3)nc2CO)cn1.Cc1cn(-c2ccc(-c3cc(C)c(NC4CCC(C(F)(F)F)CC4)nn3)nc2CO)cn1. The largest absolute Gasteiger partial charge is 0.391 e. The number of hydrogen-bond acceptors (Lipinski definition) is 25. The molecule has 0 aliphatic heterocycles. The third kappa shape index (κ3) is 22.4. The Morgan fingerprint density at radius 1 is 0.421 bits per heavy atom. The van der Waals surface area contributed by atoms with Gasteiger partial charge in [-0.3, -0.25) is 0 Å². The van der Waals surface area contributed by atoms with Crippen molar-refractivity contribution < 1.29 is 33.6 Å². The molecule has 1 atom stereocenters. The molecule has 1 saturated carbocycles. The van der Waals surface area contributed by atoms with E-state index in [9.17, 15) is 38.9 Å². The van der Waals surface area contributed by atoms with Gasteiger partial charge in [0.1, 0.15) is 22.8 Å². The van der Waals surface area contributed by atoms with Crippen LogP contribution in [0.1, 0.15) is 178 Å². The molecule has 1 aliphatic carbocycles. The summed E-state index contributed by atoms with van der Waals surface area (Å²) in [7, 11) is 0. The minimum Gasteiger partial charge on any atom is -0.390 e. The van der Waals surface area contributed by atoms with Crippen LogP contribution in [0.5, 0.6) is 0 Å².